The molecule has 0 radical (unpaired) electrons. The van der Waals surface area contributed by atoms with Gasteiger partial charge in [-0.1, -0.05) is 0 Å². The second-order valence-electron chi connectivity index (χ2n) is 3.99. The van der Waals surface area contributed by atoms with Gasteiger partial charge in [0.15, 0.2) is 0 Å². The van der Waals surface area contributed by atoms with E-state index in [1.165, 1.54) is 6.07 Å². The van der Waals surface area contributed by atoms with Gasteiger partial charge >= 0.3 is 0 Å². The largest absolute Gasteiger partial charge is 0.449 e. The number of hydrogen-bond donors (Lipinski definition) is 1. The number of amides is 1. The standard InChI is InChI=1S/C10H14N2O5S/c1-7-2-3-9(17-7)18(14,15)12-4-5-16-8(6-12)10(11)13/h2-3,8H,4-6H2,1H3,(H2,11,13). The number of morpholine rings is 1. The third-order valence-corrected chi connectivity index (χ3v) is 4.40. The first kappa shape index (κ1) is 13.1. The van der Waals surface area contributed by atoms with Crippen LogP contribution >= 0.6 is 0 Å². The first-order valence-electron chi connectivity index (χ1n) is 5.39. The molecule has 1 aliphatic rings. The fourth-order valence-corrected chi connectivity index (χ4v) is 3.07. The van der Waals surface area contributed by atoms with Crippen LogP contribution in [0.25, 0.3) is 0 Å². The Balaban J connectivity index is 2.22. The van der Waals surface area contributed by atoms with Crippen molar-refractivity contribution in [2.75, 3.05) is 19.7 Å². The number of nitrogens with two attached hydrogens (primary N) is 1. The number of aryl methyl sites for hydroxylation is 1. The molecule has 2 N–H and O–H groups in total. The molecule has 7 nitrogen and oxygen atoms in total. The first-order valence-corrected chi connectivity index (χ1v) is 6.83. The molecular formula is C10H14N2O5S. The molecule has 18 heavy (non-hydrogen) atoms. The Hall–Kier alpha value is -1.38. The van der Waals surface area contributed by atoms with E-state index in [2.05, 4.69) is 0 Å². The summed E-state index contributed by atoms with van der Waals surface area (Å²) in [5, 5.41) is -0.134. The van der Waals surface area contributed by atoms with E-state index in [1.807, 2.05) is 0 Å². The van der Waals surface area contributed by atoms with Crippen molar-refractivity contribution in [3.8, 4) is 0 Å². The maximum absolute atomic E-state index is 12.2. The normalized spacial score (nSPS) is 21.9. The summed E-state index contributed by atoms with van der Waals surface area (Å²) in [7, 11) is -3.73. The minimum Gasteiger partial charge on any atom is -0.449 e. The van der Waals surface area contributed by atoms with Crippen LogP contribution in [0.4, 0.5) is 0 Å². The van der Waals surface area contributed by atoms with Crippen LogP contribution in [0.5, 0.6) is 0 Å². The van der Waals surface area contributed by atoms with Gasteiger partial charge in [-0.25, -0.2) is 8.42 Å². The number of rotatable bonds is 3. The molecule has 2 heterocycles. The molecule has 1 fully saturated rings. The predicted molar refractivity (Wildman–Crippen MR) is 61.1 cm³/mol. The summed E-state index contributed by atoms with van der Waals surface area (Å²) in [5.74, 6) is -0.168. The van der Waals surface area contributed by atoms with Crippen LogP contribution in [-0.2, 0) is 19.6 Å². The number of ether oxygens (including phenoxy) is 1. The van der Waals surface area contributed by atoms with E-state index < -0.39 is 22.0 Å². The Morgan fingerprint density at radius 2 is 2.22 bits per heavy atom. The van der Waals surface area contributed by atoms with Crippen molar-refractivity contribution in [2.45, 2.75) is 18.1 Å². The lowest BCUT2D eigenvalue weighted by Gasteiger charge is -2.29. The number of hydrogen-bond acceptors (Lipinski definition) is 5. The fraction of sp³-hybridized carbons (Fsp3) is 0.500. The molecular weight excluding hydrogens is 260 g/mol. The first-order chi connectivity index (χ1) is 8.41. The molecule has 0 aliphatic carbocycles. The maximum Gasteiger partial charge on any atom is 0.276 e. The zero-order chi connectivity index (χ0) is 13.3. The van der Waals surface area contributed by atoms with Crippen LogP contribution in [0.3, 0.4) is 0 Å². The van der Waals surface area contributed by atoms with Gasteiger partial charge in [-0.15, -0.1) is 0 Å². The van der Waals surface area contributed by atoms with Crippen LogP contribution < -0.4 is 5.73 Å². The molecule has 100 valence electrons. The van der Waals surface area contributed by atoms with Crippen molar-refractivity contribution < 1.29 is 22.4 Å². The summed E-state index contributed by atoms with van der Waals surface area (Å²) >= 11 is 0. The SMILES string of the molecule is Cc1ccc(S(=O)(=O)N2CCOC(C(N)=O)C2)o1. The highest BCUT2D eigenvalue weighted by Gasteiger charge is 2.34. The molecule has 1 unspecified atom stereocenters. The Labute approximate surface area is 105 Å². The van der Waals surface area contributed by atoms with Crippen molar-refractivity contribution in [3.05, 3.63) is 17.9 Å². The number of carbonyl (C=O) groups is 1. The van der Waals surface area contributed by atoms with Crippen molar-refractivity contribution >= 4 is 15.9 Å². The molecule has 1 amide bonds. The highest BCUT2D eigenvalue weighted by molar-refractivity contribution is 7.89. The second kappa shape index (κ2) is 4.71. The third kappa shape index (κ3) is 2.40. The van der Waals surface area contributed by atoms with Gasteiger partial charge in [0.2, 0.25) is 11.0 Å². The van der Waals surface area contributed by atoms with Crippen molar-refractivity contribution in [2.24, 2.45) is 5.73 Å². The van der Waals surface area contributed by atoms with E-state index in [0.29, 0.717) is 5.76 Å². The van der Waals surface area contributed by atoms with Crippen molar-refractivity contribution in [3.63, 3.8) is 0 Å². The van der Waals surface area contributed by atoms with Gasteiger partial charge in [0.1, 0.15) is 11.9 Å². The summed E-state index contributed by atoms with van der Waals surface area (Å²) in [4.78, 5) is 11.0. The van der Waals surface area contributed by atoms with E-state index in [0.717, 1.165) is 4.31 Å². The van der Waals surface area contributed by atoms with Crippen LogP contribution in [0.15, 0.2) is 21.6 Å². The molecule has 0 spiro atoms. The lowest BCUT2D eigenvalue weighted by molar-refractivity contribution is -0.132. The number of nitrogens with zero attached hydrogens (tertiary/aromatic N) is 1. The third-order valence-electron chi connectivity index (χ3n) is 2.66. The average molecular weight is 274 g/mol. The Morgan fingerprint density at radius 3 is 2.78 bits per heavy atom. The van der Waals surface area contributed by atoms with Crippen LogP contribution in [0.2, 0.25) is 0 Å². The van der Waals surface area contributed by atoms with Crippen LogP contribution in [0.1, 0.15) is 5.76 Å². The van der Waals surface area contributed by atoms with Crippen molar-refractivity contribution in [1.82, 2.24) is 4.31 Å². The lowest BCUT2D eigenvalue weighted by Crippen LogP contribution is -2.50. The molecule has 1 aromatic heterocycles. The van der Waals surface area contributed by atoms with E-state index in [1.54, 1.807) is 13.0 Å². The molecule has 0 bridgehead atoms. The summed E-state index contributed by atoms with van der Waals surface area (Å²) in [6.45, 7) is 1.88. The number of carbonyl (C=O) groups excluding carboxylic acids is 1. The molecule has 1 atom stereocenters. The zero-order valence-electron chi connectivity index (χ0n) is 9.83. The molecule has 1 saturated heterocycles. The maximum atomic E-state index is 12.2. The highest BCUT2D eigenvalue weighted by atomic mass is 32.2. The zero-order valence-corrected chi connectivity index (χ0v) is 10.6. The van der Waals surface area contributed by atoms with Gasteiger partial charge in [-0.05, 0) is 19.1 Å². The van der Waals surface area contributed by atoms with Gasteiger partial charge in [-0.2, -0.15) is 4.31 Å². The Kier molecular flexibility index (Phi) is 3.42. The quantitative estimate of drug-likeness (QED) is 0.797. The molecule has 0 saturated carbocycles. The molecule has 2 rings (SSSR count). The lowest BCUT2D eigenvalue weighted by atomic mass is 10.3. The Bertz CT molecular complexity index is 550. The monoisotopic (exact) mass is 274 g/mol. The average Bonchev–Trinajstić information content (AvgIpc) is 2.77. The van der Waals surface area contributed by atoms with Crippen molar-refractivity contribution in [1.29, 1.82) is 0 Å². The fourth-order valence-electron chi connectivity index (χ4n) is 1.69. The molecule has 0 aromatic carbocycles. The second-order valence-corrected chi connectivity index (χ2v) is 5.86. The highest BCUT2D eigenvalue weighted by Crippen LogP contribution is 2.20. The summed E-state index contributed by atoms with van der Waals surface area (Å²) < 4.78 is 35.7. The number of furan rings is 1. The van der Waals surface area contributed by atoms with Gasteiger partial charge in [0.05, 0.1) is 6.61 Å². The minimum absolute atomic E-state index is 0.0859. The summed E-state index contributed by atoms with van der Waals surface area (Å²) in [6, 6.07) is 2.96. The molecule has 1 aliphatic heterocycles. The van der Waals surface area contributed by atoms with E-state index in [-0.39, 0.29) is 24.8 Å². The summed E-state index contributed by atoms with van der Waals surface area (Å²) in [6.07, 6.45) is -0.912. The predicted octanol–water partition coefficient (Wildman–Crippen LogP) is -0.537. The number of sulfonamides is 1. The molecule has 8 heteroatoms. The van der Waals surface area contributed by atoms with Gasteiger partial charge in [0.25, 0.3) is 10.0 Å². The van der Waals surface area contributed by atoms with Gasteiger partial charge < -0.3 is 14.9 Å². The number of primary amides is 1. The van der Waals surface area contributed by atoms with Gasteiger partial charge in [-0.3, -0.25) is 4.79 Å². The summed E-state index contributed by atoms with van der Waals surface area (Å²) in [5.41, 5.74) is 5.11. The van der Waals surface area contributed by atoms with E-state index in [4.69, 9.17) is 14.9 Å². The van der Waals surface area contributed by atoms with E-state index in [9.17, 15) is 13.2 Å². The van der Waals surface area contributed by atoms with Gasteiger partial charge in [0, 0.05) is 13.1 Å². The van der Waals surface area contributed by atoms with Crippen LogP contribution in [-0.4, -0.2) is 44.4 Å². The topological polar surface area (TPSA) is 103 Å². The smallest absolute Gasteiger partial charge is 0.276 e. The van der Waals surface area contributed by atoms with E-state index >= 15 is 0 Å². The molecule has 1 aromatic rings. The minimum atomic E-state index is -3.73. The van der Waals surface area contributed by atoms with Crippen LogP contribution in [0, 0.1) is 6.92 Å². The Morgan fingerprint density at radius 1 is 1.50 bits per heavy atom.